The van der Waals surface area contributed by atoms with Gasteiger partial charge in [0.15, 0.2) is 10.5 Å². The van der Waals surface area contributed by atoms with Gasteiger partial charge in [-0.05, 0) is 49.8 Å². The highest BCUT2D eigenvalue weighted by Crippen LogP contribution is 2.40. The standard InChI is InChI=1S/C23H25N5O5S2/c1-12(35-23-24-6-2-7-25-23)18(29)26-16-20(31)28-17(22(32)33)15(11-34-21(16)28)9-14-5-8-27(19(14)30)10-13-3-4-13/h2,6-7,9,12-13,16,21H,3-5,8,10-11H2,1H3,(H,26,29)(H,32,33)/p+1/b14-9+/t12?,16-,21-/m1/s1. The molecule has 4 aliphatic rings. The molecule has 1 unspecified atom stereocenters. The largest absolute Gasteiger partial charge is 0.477 e. The highest BCUT2D eigenvalue weighted by Gasteiger charge is 2.58. The minimum atomic E-state index is -1.20. The lowest BCUT2D eigenvalue weighted by Crippen LogP contribution is -2.93. The Morgan fingerprint density at radius 1 is 1.31 bits per heavy atom. The number of carbonyl (C=O) groups is 3. The van der Waals surface area contributed by atoms with Gasteiger partial charge in [0.25, 0.3) is 11.9 Å². The number of nitrogens with one attached hydrogen (secondary N) is 1. The molecule has 4 heterocycles. The average molecular weight is 517 g/mol. The molecule has 10 nitrogen and oxygen atoms in total. The number of hydrogen-bond acceptors (Lipinski definition) is 7. The number of carboxylic acids is 1. The lowest BCUT2D eigenvalue weighted by Gasteiger charge is -2.44. The SMILES string of the molecule is CC(Sc1ncccn1)C(O)=[NH+][C@@H]1C(=O)N2C(C(=O)O)=C(/C=C3\CCN(CC4CC4)C3=O)CS[C@H]12. The monoisotopic (exact) mass is 516 g/mol. The molecule has 184 valence electrons. The predicted molar refractivity (Wildman–Crippen MR) is 129 cm³/mol. The van der Waals surface area contributed by atoms with Crippen LogP contribution >= 0.6 is 23.5 Å². The summed E-state index contributed by atoms with van der Waals surface area (Å²) in [7, 11) is 0. The van der Waals surface area contributed by atoms with Gasteiger partial charge in [0.1, 0.15) is 10.9 Å². The Hall–Kier alpha value is -2.86. The number of allylic oxidation sites excluding steroid dienone is 1. The third kappa shape index (κ3) is 4.81. The molecule has 2 amide bonds. The topological polar surface area (TPSA) is 138 Å². The lowest BCUT2D eigenvalue weighted by atomic mass is 10.0. The van der Waals surface area contributed by atoms with Crippen LogP contribution in [0.3, 0.4) is 0 Å². The van der Waals surface area contributed by atoms with Gasteiger partial charge in [0, 0.05) is 36.8 Å². The Morgan fingerprint density at radius 2 is 2.06 bits per heavy atom. The summed E-state index contributed by atoms with van der Waals surface area (Å²) in [5.74, 6) is -0.811. The van der Waals surface area contributed by atoms with Gasteiger partial charge in [0.05, 0.1) is 0 Å². The minimum Gasteiger partial charge on any atom is -0.477 e. The third-order valence-electron chi connectivity index (χ3n) is 6.45. The van der Waals surface area contributed by atoms with E-state index in [0.29, 0.717) is 40.9 Å². The second-order valence-electron chi connectivity index (χ2n) is 9.00. The lowest BCUT2D eigenvalue weighted by molar-refractivity contribution is -0.511. The van der Waals surface area contributed by atoms with Crippen molar-refractivity contribution in [3.63, 3.8) is 0 Å². The first-order chi connectivity index (χ1) is 16.8. The zero-order valence-electron chi connectivity index (χ0n) is 19.1. The van der Waals surface area contributed by atoms with Crippen LogP contribution < -0.4 is 4.99 Å². The molecule has 1 aliphatic carbocycles. The van der Waals surface area contributed by atoms with Crippen LogP contribution in [-0.4, -0.2) is 89.2 Å². The van der Waals surface area contributed by atoms with Crippen molar-refractivity contribution in [2.75, 3.05) is 18.8 Å². The van der Waals surface area contributed by atoms with E-state index in [2.05, 4.69) is 15.0 Å². The second kappa shape index (κ2) is 9.65. The first-order valence-corrected chi connectivity index (χ1v) is 13.4. The zero-order valence-corrected chi connectivity index (χ0v) is 20.7. The number of carbonyl (C=O) groups excluding carboxylic acids is 2. The molecule has 3 atom stereocenters. The highest BCUT2D eigenvalue weighted by atomic mass is 32.2. The third-order valence-corrected chi connectivity index (χ3v) is 8.75. The van der Waals surface area contributed by atoms with E-state index in [1.165, 1.54) is 28.4 Å². The normalized spacial score (nSPS) is 26.8. The first kappa shape index (κ1) is 23.9. The summed E-state index contributed by atoms with van der Waals surface area (Å²) in [5, 5.41) is 20.0. The Bertz CT molecular complexity index is 1150. The van der Waals surface area contributed by atoms with Crippen molar-refractivity contribution in [2.45, 2.75) is 48.0 Å². The molecule has 5 rings (SSSR count). The molecular weight excluding hydrogens is 490 g/mol. The number of β-lactam (4-membered cyclic amide) rings is 1. The molecule has 12 heteroatoms. The number of amides is 2. The van der Waals surface area contributed by atoms with Crippen LogP contribution in [0.4, 0.5) is 0 Å². The van der Waals surface area contributed by atoms with Crippen LogP contribution in [0, 0.1) is 5.92 Å². The van der Waals surface area contributed by atoms with Gasteiger partial charge < -0.3 is 15.1 Å². The molecule has 0 bridgehead atoms. The predicted octanol–water partition coefficient (Wildman–Crippen LogP) is 0.185. The van der Waals surface area contributed by atoms with Crippen LogP contribution in [0.1, 0.15) is 26.2 Å². The summed E-state index contributed by atoms with van der Waals surface area (Å²) in [6.45, 7) is 3.18. The summed E-state index contributed by atoms with van der Waals surface area (Å²) >= 11 is 2.65. The Balaban J connectivity index is 1.31. The fourth-order valence-electron chi connectivity index (χ4n) is 4.39. The molecule has 3 N–H and O–H groups in total. The fourth-order valence-corrected chi connectivity index (χ4v) is 6.43. The molecule has 1 aromatic heterocycles. The number of carboxylic acid groups (broad SMARTS) is 1. The van der Waals surface area contributed by atoms with Crippen LogP contribution in [0.5, 0.6) is 0 Å². The van der Waals surface area contributed by atoms with Gasteiger partial charge in [-0.25, -0.2) is 14.8 Å². The molecule has 0 radical (unpaired) electrons. The Labute approximate surface area is 210 Å². The summed E-state index contributed by atoms with van der Waals surface area (Å²) in [6.07, 6.45) is 7.78. The van der Waals surface area contributed by atoms with Crippen molar-refractivity contribution in [3.8, 4) is 0 Å². The number of fused-ring (bicyclic) bond motifs is 1. The van der Waals surface area contributed by atoms with Gasteiger partial charge in [-0.2, -0.15) is 4.99 Å². The summed E-state index contributed by atoms with van der Waals surface area (Å²) < 4.78 is 0. The number of likely N-dealkylation sites (tertiary alicyclic amines) is 1. The highest BCUT2D eigenvalue weighted by molar-refractivity contribution is 8.00. The van der Waals surface area contributed by atoms with E-state index in [9.17, 15) is 24.6 Å². The van der Waals surface area contributed by atoms with Crippen LogP contribution in [0.15, 0.2) is 46.5 Å². The maximum atomic E-state index is 13.0. The molecule has 0 spiro atoms. The van der Waals surface area contributed by atoms with Crippen molar-refractivity contribution in [1.82, 2.24) is 19.8 Å². The van der Waals surface area contributed by atoms with E-state index in [-0.39, 0.29) is 17.5 Å². The number of hydrogen-bond donors (Lipinski definition) is 3. The van der Waals surface area contributed by atoms with Crippen molar-refractivity contribution in [3.05, 3.63) is 41.4 Å². The number of thioether (sulfide) groups is 2. The van der Waals surface area contributed by atoms with Gasteiger partial charge in [0.2, 0.25) is 5.91 Å². The van der Waals surface area contributed by atoms with E-state index in [1.54, 1.807) is 31.5 Å². The number of rotatable bonds is 8. The number of nitrogens with zero attached hydrogens (tertiary/aromatic N) is 4. The van der Waals surface area contributed by atoms with E-state index < -0.39 is 28.5 Å². The van der Waals surface area contributed by atoms with Crippen molar-refractivity contribution in [2.24, 2.45) is 5.92 Å². The van der Waals surface area contributed by atoms with Crippen LogP contribution in [0.2, 0.25) is 0 Å². The van der Waals surface area contributed by atoms with Gasteiger partial charge in [-0.1, -0.05) is 11.8 Å². The molecular formula is C23H26N5O5S2+. The van der Waals surface area contributed by atoms with E-state index >= 15 is 0 Å². The van der Waals surface area contributed by atoms with Crippen molar-refractivity contribution >= 4 is 47.2 Å². The zero-order chi connectivity index (χ0) is 24.7. The maximum Gasteiger partial charge on any atom is 0.352 e. The van der Waals surface area contributed by atoms with E-state index in [4.69, 9.17) is 0 Å². The maximum absolute atomic E-state index is 13.0. The number of aliphatic carboxylic acids is 1. The van der Waals surface area contributed by atoms with Gasteiger partial charge in [-0.15, -0.1) is 11.8 Å². The molecule has 1 saturated carbocycles. The fraction of sp³-hybridized carbons (Fsp3) is 0.478. The molecule has 35 heavy (non-hydrogen) atoms. The Morgan fingerprint density at radius 3 is 2.74 bits per heavy atom. The summed E-state index contributed by atoms with van der Waals surface area (Å²) in [6, 6.07) is 0.952. The Kier molecular flexibility index (Phi) is 6.58. The van der Waals surface area contributed by atoms with Crippen molar-refractivity contribution in [1.29, 1.82) is 0 Å². The molecule has 2 saturated heterocycles. The second-order valence-corrected chi connectivity index (χ2v) is 11.4. The first-order valence-electron chi connectivity index (χ1n) is 11.5. The summed E-state index contributed by atoms with van der Waals surface area (Å²) in [5.41, 5.74) is 0.985. The number of aromatic nitrogens is 2. The number of aliphatic hydroxyl groups excluding tert-OH is 1. The molecule has 3 aliphatic heterocycles. The van der Waals surface area contributed by atoms with Crippen molar-refractivity contribution < 1.29 is 29.6 Å². The minimum absolute atomic E-state index is 0.0378. The van der Waals surface area contributed by atoms with Gasteiger partial charge in [-0.3, -0.25) is 14.5 Å². The van der Waals surface area contributed by atoms with Crippen LogP contribution in [0.25, 0.3) is 0 Å². The summed E-state index contributed by atoms with van der Waals surface area (Å²) in [4.78, 5) is 52.1. The quantitative estimate of drug-likeness (QED) is 0.110. The van der Waals surface area contributed by atoms with E-state index in [1.807, 2.05) is 4.90 Å². The molecule has 3 fully saturated rings. The average Bonchev–Trinajstić information content (AvgIpc) is 3.61. The molecule has 0 aromatic carbocycles. The smallest absolute Gasteiger partial charge is 0.352 e. The van der Waals surface area contributed by atoms with Gasteiger partial charge >= 0.3 is 11.9 Å². The number of aliphatic hydroxyl groups is 1. The van der Waals surface area contributed by atoms with Crippen LogP contribution in [-0.2, 0) is 14.4 Å². The molecule has 1 aromatic rings. The van der Waals surface area contributed by atoms with E-state index in [0.717, 1.165) is 19.4 Å².